The Kier molecular flexibility index (Phi) is 5.61. The minimum Gasteiger partial charge on any atom is -0.508 e. The van der Waals surface area contributed by atoms with Crippen LogP contribution in [0.25, 0.3) is 0 Å². The number of carboxylic acids is 1. The molecule has 0 spiro atoms. The van der Waals surface area contributed by atoms with Crippen molar-refractivity contribution in [3.63, 3.8) is 0 Å². The second kappa shape index (κ2) is 6.98. The van der Waals surface area contributed by atoms with Crippen molar-refractivity contribution in [2.45, 2.75) is 19.4 Å². The van der Waals surface area contributed by atoms with Gasteiger partial charge in [0.05, 0.1) is 0 Å². The van der Waals surface area contributed by atoms with E-state index in [0.717, 1.165) is 5.56 Å². The van der Waals surface area contributed by atoms with Gasteiger partial charge in [0.1, 0.15) is 11.8 Å². The summed E-state index contributed by atoms with van der Waals surface area (Å²) in [5, 5.41) is 21.8. The monoisotopic (exact) mass is 253 g/mol. The van der Waals surface area contributed by atoms with E-state index in [1.54, 1.807) is 19.2 Å². The van der Waals surface area contributed by atoms with Crippen LogP contribution in [0.3, 0.4) is 0 Å². The SMILES string of the molecule is COCCCNC(C(=O)O)c1cc(C)ccc1O. The molecule has 0 saturated heterocycles. The van der Waals surface area contributed by atoms with E-state index in [1.165, 1.54) is 6.07 Å². The van der Waals surface area contributed by atoms with Gasteiger partial charge in [-0.2, -0.15) is 0 Å². The quantitative estimate of drug-likeness (QED) is 0.641. The highest BCUT2D eigenvalue weighted by Crippen LogP contribution is 2.25. The van der Waals surface area contributed by atoms with E-state index in [2.05, 4.69) is 5.32 Å². The Bertz CT molecular complexity index is 406. The molecule has 1 aromatic rings. The Labute approximate surface area is 106 Å². The Balaban J connectivity index is 2.77. The molecule has 0 heterocycles. The highest BCUT2D eigenvalue weighted by molar-refractivity contribution is 5.76. The summed E-state index contributed by atoms with van der Waals surface area (Å²) >= 11 is 0. The highest BCUT2D eigenvalue weighted by Gasteiger charge is 2.22. The van der Waals surface area contributed by atoms with Crippen LogP contribution >= 0.6 is 0 Å². The van der Waals surface area contributed by atoms with E-state index < -0.39 is 12.0 Å². The number of carboxylic acid groups (broad SMARTS) is 1. The fraction of sp³-hybridized carbons (Fsp3) is 0.462. The zero-order chi connectivity index (χ0) is 13.5. The molecule has 5 heteroatoms. The predicted octanol–water partition coefficient (Wildman–Crippen LogP) is 1.45. The van der Waals surface area contributed by atoms with Gasteiger partial charge in [-0.25, -0.2) is 0 Å². The number of aliphatic carboxylic acids is 1. The molecule has 0 fully saturated rings. The van der Waals surface area contributed by atoms with Crippen molar-refractivity contribution in [2.75, 3.05) is 20.3 Å². The number of aryl methyl sites for hydroxylation is 1. The van der Waals surface area contributed by atoms with Crippen LogP contribution in [-0.4, -0.2) is 36.4 Å². The van der Waals surface area contributed by atoms with Crippen molar-refractivity contribution < 1.29 is 19.7 Å². The molecule has 0 aliphatic rings. The Morgan fingerprint density at radius 3 is 2.83 bits per heavy atom. The molecule has 0 amide bonds. The number of aromatic hydroxyl groups is 1. The van der Waals surface area contributed by atoms with Crippen molar-refractivity contribution in [2.24, 2.45) is 0 Å². The van der Waals surface area contributed by atoms with Crippen molar-refractivity contribution in [3.8, 4) is 5.75 Å². The zero-order valence-corrected chi connectivity index (χ0v) is 10.6. The smallest absolute Gasteiger partial charge is 0.325 e. The number of methoxy groups -OCH3 is 1. The molecule has 5 nitrogen and oxygen atoms in total. The molecule has 3 N–H and O–H groups in total. The Morgan fingerprint density at radius 2 is 2.22 bits per heavy atom. The van der Waals surface area contributed by atoms with Gasteiger partial charge in [0.2, 0.25) is 0 Å². The van der Waals surface area contributed by atoms with Gasteiger partial charge >= 0.3 is 5.97 Å². The first-order chi connectivity index (χ1) is 8.56. The van der Waals surface area contributed by atoms with Gasteiger partial charge in [-0.15, -0.1) is 0 Å². The number of ether oxygens (including phenoxy) is 1. The average Bonchev–Trinajstić information content (AvgIpc) is 2.32. The maximum absolute atomic E-state index is 11.2. The third kappa shape index (κ3) is 4.01. The lowest BCUT2D eigenvalue weighted by atomic mass is 10.0. The van der Waals surface area contributed by atoms with Crippen LogP contribution in [0, 0.1) is 6.92 Å². The predicted molar refractivity (Wildman–Crippen MR) is 67.7 cm³/mol. The van der Waals surface area contributed by atoms with E-state index in [0.29, 0.717) is 25.1 Å². The van der Waals surface area contributed by atoms with Gasteiger partial charge in [-0.3, -0.25) is 4.79 Å². The van der Waals surface area contributed by atoms with Crippen molar-refractivity contribution >= 4 is 5.97 Å². The van der Waals surface area contributed by atoms with Gasteiger partial charge in [-0.05, 0) is 26.0 Å². The van der Waals surface area contributed by atoms with Crippen LogP contribution in [0.5, 0.6) is 5.75 Å². The van der Waals surface area contributed by atoms with Crippen molar-refractivity contribution in [3.05, 3.63) is 29.3 Å². The molecule has 0 aliphatic carbocycles. The molecule has 0 radical (unpaired) electrons. The lowest BCUT2D eigenvalue weighted by molar-refractivity contribution is -0.139. The van der Waals surface area contributed by atoms with E-state index >= 15 is 0 Å². The number of hydrogen-bond acceptors (Lipinski definition) is 4. The largest absolute Gasteiger partial charge is 0.508 e. The Morgan fingerprint density at radius 1 is 1.50 bits per heavy atom. The van der Waals surface area contributed by atoms with Crippen LogP contribution < -0.4 is 5.32 Å². The summed E-state index contributed by atoms with van der Waals surface area (Å²) in [5.41, 5.74) is 1.30. The van der Waals surface area contributed by atoms with Crippen molar-refractivity contribution in [1.29, 1.82) is 0 Å². The number of phenolic OH excluding ortho intramolecular Hbond substituents is 1. The van der Waals surface area contributed by atoms with E-state index in [9.17, 15) is 15.0 Å². The van der Waals surface area contributed by atoms with Gasteiger partial charge in [0.25, 0.3) is 0 Å². The molecule has 100 valence electrons. The number of hydrogen-bond donors (Lipinski definition) is 3. The number of rotatable bonds is 7. The van der Waals surface area contributed by atoms with E-state index in [-0.39, 0.29) is 5.75 Å². The maximum Gasteiger partial charge on any atom is 0.325 e. The minimum absolute atomic E-state index is 0.00718. The van der Waals surface area contributed by atoms with E-state index in [4.69, 9.17) is 4.74 Å². The van der Waals surface area contributed by atoms with Crippen LogP contribution in [0.4, 0.5) is 0 Å². The first kappa shape index (κ1) is 14.5. The molecule has 1 atom stereocenters. The molecular formula is C13H19NO4. The summed E-state index contributed by atoms with van der Waals surface area (Å²) in [6.07, 6.45) is 0.715. The lowest BCUT2D eigenvalue weighted by Crippen LogP contribution is -2.29. The summed E-state index contributed by atoms with van der Waals surface area (Å²) in [4.78, 5) is 11.2. The third-order valence-electron chi connectivity index (χ3n) is 2.61. The van der Waals surface area contributed by atoms with Gasteiger partial charge < -0.3 is 20.3 Å². The second-order valence-corrected chi connectivity index (χ2v) is 4.13. The van der Waals surface area contributed by atoms with Crippen LogP contribution in [0.1, 0.15) is 23.6 Å². The lowest BCUT2D eigenvalue weighted by Gasteiger charge is -2.16. The summed E-state index contributed by atoms with van der Waals surface area (Å²) < 4.78 is 4.90. The summed E-state index contributed by atoms with van der Waals surface area (Å²) in [6.45, 7) is 2.93. The highest BCUT2D eigenvalue weighted by atomic mass is 16.5. The average molecular weight is 253 g/mol. The molecule has 0 saturated carbocycles. The zero-order valence-electron chi connectivity index (χ0n) is 10.6. The summed E-state index contributed by atoms with van der Waals surface area (Å²) in [6, 6.07) is 4.03. The molecule has 1 aromatic carbocycles. The third-order valence-corrected chi connectivity index (χ3v) is 2.61. The molecule has 0 aromatic heterocycles. The minimum atomic E-state index is -1.01. The number of nitrogens with one attached hydrogen (secondary N) is 1. The maximum atomic E-state index is 11.2. The molecule has 18 heavy (non-hydrogen) atoms. The summed E-state index contributed by atoms with van der Waals surface area (Å²) in [7, 11) is 1.60. The molecule has 1 unspecified atom stereocenters. The molecular weight excluding hydrogens is 234 g/mol. The normalized spacial score (nSPS) is 12.3. The topological polar surface area (TPSA) is 78.8 Å². The van der Waals surface area contributed by atoms with Crippen LogP contribution in [-0.2, 0) is 9.53 Å². The fourth-order valence-corrected chi connectivity index (χ4v) is 1.70. The Hall–Kier alpha value is -1.59. The molecule has 0 aliphatic heterocycles. The fourth-order valence-electron chi connectivity index (χ4n) is 1.70. The number of benzene rings is 1. The van der Waals surface area contributed by atoms with Crippen LogP contribution in [0.2, 0.25) is 0 Å². The summed E-state index contributed by atoms with van der Waals surface area (Å²) in [5.74, 6) is -1.01. The van der Waals surface area contributed by atoms with E-state index in [1.807, 2.05) is 6.92 Å². The molecule has 0 bridgehead atoms. The van der Waals surface area contributed by atoms with Crippen molar-refractivity contribution in [1.82, 2.24) is 5.32 Å². The second-order valence-electron chi connectivity index (χ2n) is 4.13. The molecule has 1 rings (SSSR count). The first-order valence-corrected chi connectivity index (χ1v) is 5.81. The van der Waals surface area contributed by atoms with Gasteiger partial charge in [0.15, 0.2) is 0 Å². The van der Waals surface area contributed by atoms with Gasteiger partial charge in [0, 0.05) is 19.3 Å². The van der Waals surface area contributed by atoms with Gasteiger partial charge in [-0.1, -0.05) is 17.7 Å². The first-order valence-electron chi connectivity index (χ1n) is 5.81. The standard InChI is InChI=1S/C13H19NO4/c1-9-4-5-11(15)10(8-9)12(13(16)17)14-6-3-7-18-2/h4-5,8,12,14-15H,3,6-7H2,1-2H3,(H,16,17). The van der Waals surface area contributed by atoms with Crippen LogP contribution in [0.15, 0.2) is 18.2 Å². The number of phenols is 1. The number of carbonyl (C=O) groups is 1.